The third-order valence-corrected chi connectivity index (χ3v) is 4.74. The molecule has 1 atom stereocenters. The van der Waals surface area contributed by atoms with Crippen LogP contribution in [0.25, 0.3) is 11.0 Å². The van der Waals surface area contributed by atoms with E-state index >= 15 is 0 Å². The third kappa shape index (κ3) is 4.23. The first-order chi connectivity index (χ1) is 13.2. The van der Waals surface area contributed by atoms with Crippen LogP contribution in [-0.4, -0.2) is 54.4 Å². The lowest BCUT2D eigenvalue weighted by Gasteiger charge is -2.22. The lowest BCUT2D eigenvalue weighted by Crippen LogP contribution is -2.33. The van der Waals surface area contributed by atoms with Gasteiger partial charge in [0.1, 0.15) is 18.5 Å². The van der Waals surface area contributed by atoms with Gasteiger partial charge in [0, 0.05) is 10.7 Å². The third-order valence-electron chi connectivity index (χ3n) is 4.30. The van der Waals surface area contributed by atoms with Gasteiger partial charge in [-0.2, -0.15) is 0 Å². The molecule has 0 bridgehead atoms. The van der Waals surface area contributed by atoms with Crippen LogP contribution in [0.1, 0.15) is 5.56 Å². The molecule has 1 aliphatic rings. The van der Waals surface area contributed by atoms with Crippen LogP contribution in [0, 0.1) is 0 Å². The van der Waals surface area contributed by atoms with Crippen molar-refractivity contribution in [3.05, 3.63) is 46.6 Å². The Bertz CT molecular complexity index is 907. The molecular formula is C19H20BrN3O4. The number of pyridine rings is 1. The SMILES string of the molecule is COc1ccc(Cn2nc(OCC3COCCO3)c3cc(Br)cnc32)cc1. The highest BCUT2D eigenvalue weighted by atomic mass is 79.9. The van der Waals surface area contributed by atoms with E-state index in [1.54, 1.807) is 13.3 Å². The minimum atomic E-state index is -0.0827. The Morgan fingerprint density at radius 1 is 1.26 bits per heavy atom. The Morgan fingerprint density at radius 2 is 2.11 bits per heavy atom. The monoisotopic (exact) mass is 433 g/mol. The van der Waals surface area contributed by atoms with E-state index in [0.29, 0.717) is 38.9 Å². The van der Waals surface area contributed by atoms with Crippen LogP contribution in [0.4, 0.5) is 0 Å². The van der Waals surface area contributed by atoms with Crippen molar-refractivity contribution in [2.24, 2.45) is 0 Å². The van der Waals surface area contributed by atoms with E-state index in [1.165, 1.54) is 0 Å². The zero-order chi connectivity index (χ0) is 18.6. The minimum absolute atomic E-state index is 0.0827. The van der Waals surface area contributed by atoms with Gasteiger partial charge in [-0.3, -0.25) is 0 Å². The van der Waals surface area contributed by atoms with E-state index in [0.717, 1.165) is 26.8 Å². The summed E-state index contributed by atoms with van der Waals surface area (Å²) in [6.07, 6.45) is 1.68. The summed E-state index contributed by atoms with van der Waals surface area (Å²) < 4.78 is 24.9. The molecule has 1 unspecified atom stereocenters. The van der Waals surface area contributed by atoms with Crippen molar-refractivity contribution in [1.29, 1.82) is 0 Å². The fourth-order valence-corrected chi connectivity index (χ4v) is 3.26. The van der Waals surface area contributed by atoms with Crippen molar-refractivity contribution < 1.29 is 18.9 Å². The molecule has 4 rings (SSSR count). The predicted octanol–water partition coefficient (Wildman–Crippen LogP) is 3.04. The average Bonchev–Trinajstić information content (AvgIpc) is 3.04. The molecule has 1 fully saturated rings. The predicted molar refractivity (Wildman–Crippen MR) is 103 cm³/mol. The van der Waals surface area contributed by atoms with E-state index < -0.39 is 0 Å². The van der Waals surface area contributed by atoms with Crippen molar-refractivity contribution in [2.45, 2.75) is 12.6 Å². The molecule has 2 aromatic heterocycles. The quantitative estimate of drug-likeness (QED) is 0.594. The van der Waals surface area contributed by atoms with Crippen LogP contribution in [0.5, 0.6) is 11.6 Å². The lowest BCUT2D eigenvalue weighted by molar-refractivity contribution is -0.101. The molecule has 8 heteroatoms. The summed E-state index contributed by atoms with van der Waals surface area (Å²) in [7, 11) is 1.66. The first kappa shape index (κ1) is 18.2. The summed E-state index contributed by atoms with van der Waals surface area (Å²) in [6, 6.07) is 9.86. The van der Waals surface area contributed by atoms with Gasteiger partial charge in [0.25, 0.3) is 0 Å². The number of methoxy groups -OCH3 is 1. The summed E-state index contributed by atoms with van der Waals surface area (Å²) in [5, 5.41) is 5.49. The number of halogens is 1. The van der Waals surface area contributed by atoms with Gasteiger partial charge in [-0.25, -0.2) is 9.67 Å². The fraction of sp³-hybridized carbons (Fsp3) is 0.368. The molecule has 0 N–H and O–H groups in total. The molecule has 142 valence electrons. The fourth-order valence-electron chi connectivity index (χ4n) is 2.93. The molecule has 0 radical (unpaired) electrons. The molecule has 3 aromatic rings. The second kappa shape index (κ2) is 8.24. The summed E-state index contributed by atoms with van der Waals surface area (Å²) in [5.41, 5.74) is 1.87. The first-order valence-electron chi connectivity index (χ1n) is 8.70. The summed E-state index contributed by atoms with van der Waals surface area (Å²) in [4.78, 5) is 4.52. The molecule has 1 aliphatic heterocycles. The highest BCUT2D eigenvalue weighted by molar-refractivity contribution is 9.10. The van der Waals surface area contributed by atoms with Gasteiger partial charge in [0.05, 0.1) is 38.9 Å². The molecule has 0 amide bonds. The Labute approximate surface area is 165 Å². The maximum atomic E-state index is 5.95. The highest BCUT2D eigenvalue weighted by Crippen LogP contribution is 2.27. The molecule has 7 nitrogen and oxygen atoms in total. The van der Waals surface area contributed by atoms with Crippen molar-refractivity contribution in [1.82, 2.24) is 14.8 Å². The molecule has 3 heterocycles. The van der Waals surface area contributed by atoms with Crippen LogP contribution in [0.3, 0.4) is 0 Å². The molecule has 0 aliphatic carbocycles. The van der Waals surface area contributed by atoms with E-state index in [2.05, 4.69) is 26.0 Å². The molecule has 0 saturated carbocycles. The Balaban J connectivity index is 1.58. The maximum absolute atomic E-state index is 5.95. The van der Waals surface area contributed by atoms with E-state index in [9.17, 15) is 0 Å². The normalized spacial score (nSPS) is 17.2. The van der Waals surface area contributed by atoms with E-state index in [4.69, 9.17) is 18.9 Å². The molecule has 0 spiro atoms. The largest absolute Gasteiger partial charge is 0.497 e. The van der Waals surface area contributed by atoms with E-state index in [1.807, 2.05) is 35.0 Å². The molecular weight excluding hydrogens is 414 g/mol. The van der Waals surface area contributed by atoms with Gasteiger partial charge in [-0.1, -0.05) is 12.1 Å². The minimum Gasteiger partial charge on any atom is -0.497 e. The summed E-state index contributed by atoms with van der Waals surface area (Å²) >= 11 is 3.47. The Morgan fingerprint density at radius 3 is 2.85 bits per heavy atom. The number of rotatable bonds is 6. The molecule has 1 aromatic carbocycles. The van der Waals surface area contributed by atoms with Gasteiger partial charge in [-0.15, -0.1) is 5.10 Å². The zero-order valence-electron chi connectivity index (χ0n) is 14.9. The smallest absolute Gasteiger partial charge is 0.242 e. The van der Waals surface area contributed by atoms with Gasteiger partial charge in [0.15, 0.2) is 5.65 Å². The van der Waals surface area contributed by atoms with Crippen LogP contribution in [-0.2, 0) is 16.0 Å². The summed E-state index contributed by atoms with van der Waals surface area (Å²) in [6.45, 7) is 2.73. The van der Waals surface area contributed by atoms with Gasteiger partial charge >= 0.3 is 0 Å². The topological polar surface area (TPSA) is 67.6 Å². The maximum Gasteiger partial charge on any atom is 0.242 e. The number of ether oxygens (including phenoxy) is 4. The standard InChI is InChI=1S/C19H20BrN3O4/c1-24-15-4-2-13(3-5-15)10-23-18-17(8-14(20)9-21-18)19(22-23)27-12-16-11-25-6-7-26-16/h2-5,8-9,16H,6-7,10-12H2,1H3. The molecule has 27 heavy (non-hydrogen) atoms. The average molecular weight is 434 g/mol. The van der Waals surface area contributed by atoms with Crippen molar-refractivity contribution in [3.8, 4) is 11.6 Å². The van der Waals surface area contributed by atoms with Gasteiger partial charge in [-0.05, 0) is 39.7 Å². The summed E-state index contributed by atoms with van der Waals surface area (Å²) in [5.74, 6) is 1.37. The van der Waals surface area contributed by atoms with E-state index in [-0.39, 0.29) is 6.10 Å². The zero-order valence-corrected chi connectivity index (χ0v) is 16.5. The number of hydrogen-bond acceptors (Lipinski definition) is 6. The second-order valence-corrected chi connectivity index (χ2v) is 7.13. The number of aromatic nitrogens is 3. The van der Waals surface area contributed by atoms with Gasteiger partial charge < -0.3 is 18.9 Å². The van der Waals surface area contributed by atoms with Crippen molar-refractivity contribution in [2.75, 3.05) is 33.5 Å². The number of fused-ring (bicyclic) bond motifs is 1. The van der Waals surface area contributed by atoms with Crippen molar-refractivity contribution in [3.63, 3.8) is 0 Å². The number of nitrogens with zero attached hydrogens (tertiary/aromatic N) is 3. The lowest BCUT2D eigenvalue weighted by atomic mass is 10.2. The second-order valence-electron chi connectivity index (χ2n) is 6.21. The van der Waals surface area contributed by atoms with Crippen molar-refractivity contribution >= 4 is 27.0 Å². The Kier molecular flexibility index (Phi) is 5.56. The van der Waals surface area contributed by atoms with Crippen LogP contribution in [0.15, 0.2) is 41.0 Å². The van der Waals surface area contributed by atoms with Crippen LogP contribution < -0.4 is 9.47 Å². The molecule has 1 saturated heterocycles. The van der Waals surface area contributed by atoms with Crippen LogP contribution in [0.2, 0.25) is 0 Å². The number of hydrogen-bond donors (Lipinski definition) is 0. The highest BCUT2D eigenvalue weighted by Gasteiger charge is 2.19. The first-order valence-corrected chi connectivity index (χ1v) is 9.49. The Hall–Kier alpha value is -2.16. The number of benzene rings is 1. The van der Waals surface area contributed by atoms with Gasteiger partial charge in [0.2, 0.25) is 5.88 Å². The van der Waals surface area contributed by atoms with Crippen LogP contribution >= 0.6 is 15.9 Å².